The number of nitriles is 1. The Morgan fingerprint density at radius 2 is 2.18 bits per heavy atom. The molecule has 1 rings (SSSR count). The maximum Gasteiger partial charge on any atom is 0.139 e. The molecule has 0 bridgehead atoms. The number of thiol groups is 1. The average molecular weight is 188 g/mol. The van der Waals surface area contributed by atoms with Crippen LogP contribution in [-0.4, -0.2) is 0 Å². The van der Waals surface area contributed by atoms with E-state index in [1.807, 2.05) is 0 Å². The van der Waals surface area contributed by atoms with Crippen molar-refractivity contribution < 1.29 is 4.39 Å². The van der Waals surface area contributed by atoms with Gasteiger partial charge in [-0.15, -0.1) is 12.6 Å². The van der Waals surface area contributed by atoms with Crippen molar-refractivity contribution in [2.24, 2.45) is 0 Å². The second kappa shape index (κ2) is 3.12. The lowest BCUT2D eigenvalue weighted by Gasteiger charge is -1.97. The van der Waals surface area contributed by atoms with Gasteiger partial charge >= 0.3 is 0 Å². The minimum absolute atomic E-state index is 0.0747. The standard InChI is InChI=1S/C7H3ClFNS/c8-5-1-4(3-10)2-6(9)7(5)11/h1-2,11H. The van der Waals surface area contributed by atoms with E-state index in [4.69, 9.17) is 16.9 Å². The van der Waals surface area contributed by atoms with Crippen molar-refractivity contribution in [2.75, 3.05) is 0 Å². The van der Waals surface area contributed by atoms with Crippen molar-refractivity contribution in [3.8, 4) is 6.07 Å². The van der Waals surface area contributed by atoms with Gasteiger partial charge < -0.3 is 0 Å². The third kappa shape index (κ3) is 1.65. The third-order valence-electron chi connectivity index (χ3n) is 1.15. The predicted molar refractivity (Wildman–Crippen MR) is 43.4 cm³/mol. The first-order valence-corrected chi connectivity index (χ1v) is 3.56. The molecule has 0 aromatic heterocycles. The Morgan fingerprint density at radius 1 is 1.55 bits per heavy atom. The molecule has 0 fully saturated rings. The molecule has 0 atom stereocenters. The second-order valence-corrected chi connectivity index (χ2v) is 2.75. The fraction of sp³-hybridized carbons (Fsp3) is 0. The summed E-state index contributed by atoms with van der Waals surface area (Å²) in [5, 5.41) is 8.53. The zero-order chi connectivity index (χ0) is 8.43. The Bertz CT molecular complexity index is 309. The highest BCUT2D eigenvalue weighted by atomic mass is 35.5. The number of benzene rings is 1. The van der Waals surface area contributed by atoms with Gasteiger partial charge in [0.05, 0.1) is 21.6 Å². The van der Waals surface area contributed by atoms with Crippen LogP contribution < -0.4 is 0 Å². The lowest BCUT2D eigenvalue weighted by molar-refractivity contribution is 0.602. The van der Waals surface area contributed by atoms with E-state index in [2.05, 4.69) is 12.6 Å². The average Bonchev–Trinajstić information content (AvgIpc) is 1.99. The van der Waals surface area contributed by atoms with Crippen LogP contribution in [0, 0.1) is 17.1 Å². The summed E-state index contributed by atoms with van der Waals surface area (Å²) in [4.78, 5) is 0.0747. The molecule has 56 valence electrons. The van der Waals surface area contributed by atoms with Gasteiger partial charge in [0.15, 0.2) is 0 Å². The van der Waals surface area contributed by atoms with E-state index < -0.39 is 5.82 Å². The Balaban J connectivity index is 3.35. The number of nitrogens with zero attached hydrogens (tertiary/aromatic N) is 1. The molecule has 0 aliphatic rings. The maximum atomic E-state index is 12.7. The van der Waals surface area contributed by atoms with Gasteiger partial charge in [0.2, 0.25) is 0 Å². The van der Waals surface area contributed by atoms with Crippen LogP contribution in [0.25, 0.3) is 0 Å². The lowest BCUT2D eigenvalue weighted by atomic mass is 10.2. The van der Waals surface area contributed by atoms with Crippen molar-refractivity contribution in [3.05, 3.63) is 28.5 Å². The largest absolute Gasteiger partial charge is 0.206 e. The molecular weight excluding hydrogens is 185 g/mol. The fourth-order valence-corrected chi connectivity index (χ4v) is 0.967. The molecule has 4 heteroatoms. The predicted octanol–water partition coefficient (Wildman–Crippen LogP) is 2.64. The van der Waals surface area contributed by atoms with Crippen molar-refractivity contribution in [3.63, 3.8) is 0 Å². The smallest absolute Gasteiger partial charge is 0.139 e. The molecule has 1 aromatic rings. The number of halogens is 2. The summed E-state index contributed by atoms with van der Waals surface area (Å²) in [6.07, 6.45) is 0. The zero-order valence-corrected chi connectivity index (χ0v) is 6.96. The first kappa shape index (κ1) is 8.38. The highest BCUT2D eigenvalue weighted by Gasteiger charge is 2.04. The number of hydrogen-bond donors (Lipinski definition) is 1. The molecule has 11 heavy (non-hydrogen) atoms. The molecule has 1 aromatic carbocycles. The van der Waals surface area contributed by atoms with Crippen molar-refractivity contribution >= 4 is 24.2 Å². The van der Waals surface area contributed by atoms with Gasteiger partial charge in [-0.05, 0) is 12.1 Å². The first-order chi connectivity index (χ1) is 5.15. The normalized spacial score (nSPS) is 9.27. The highest BCUT2D eigenvalue weighted by Crippen LogP contribution is 2.24. The highest BCUT2D eigenvalue weighted by molar-refractivity contribution is 7.80. The molecule has 0 amide bonds. The van der Waals surface area contributed by atoms with E-state index in [0.29, 0.717) is 0 Å². The summed E-state index contributed by atoms with van der Waals surface area (Å²) < 4.78 is 12.7. The Hall–Kier alpha value is -0.720. The molecule has 0 saturated heterocycles. The zero-order valence-electron chi connectivity index (χ0n) is 5.31. The first-order valence-electron chi connectivity index (χ1n) is 2.73. The summed E-state index contributed by atoms with van der Waals surface area (Å²) in [6.45, 7) is 0. The van der Waals surface area contributed by atoms with Crippen LogP contribution >= 0.6 is 24.2 Å². The Morgan fingerprint density at radius 3 is 2.64 bits per heavy atom. The van der Waals surface area contributed by atoms with E-state index >= 15 is 0 Å². The minimum atomic E-state index is -0.572. The summed E-state index contributed by atoms with van der Waals surface area (Å²) >= 11 is 9.31. The van der Waals surface area contributed by atoms with Crippen LogP contribution in [0.3, 0.4) is 0 Å². The Labute approximate surface area is 73.8 Å². The van der Waals surface area contributed by atoms with Crippen LogP contribution in [0.4, 0.5) is 4.39 Å². The SMILES string of the molecule is N#Cc1cc(F)c(S)c(Cl)c1. The molecule has 0 saturated carbocycles. The van der Waals surface area contributed by atoms with Gasteiger partial charge in [-0.3, -0.25) is 0 Å². The minimum Gasteiger partial charge on any atom is -0.206 e. The van der Waals surface area contributed by atoms with Crippen LogP contribution in [0.1, 0.15) is 5.56 Å². The molecule has 0 spiro atoms. The lowest BCUT2D eigenvalue weighted by Crippen LogP contribution is -1.82. The molecule has 0 unspecified atom stereocenters. The quantitative estimate of drug-likeness (QED) is 0.621. The molecule has 0 aliphatic heterocycles. The molecule has 1 nitrogen and oxygen atoms in total. The summed E-state index contributed by atoms with van der Waals surface area (Å²) in [5.74, 6) is -0.572. The Kier molecular flexibility index (Phi) is 2.38. The summed E-state index contributed by atoms with van der Waals surface area (Å²) in [7, 11) is 0. The van der Waals surface area contributed by atoms with Crippen LogP contribution in [0.5, 0.6) is 0 Å². The van der Waals surface area contributed by atoms with Gasteiger partial charge in [0.25, 0.3) is 0 Å². The van der Waals surface area contributed by atoms with Crippen molar-refractivity contribution in [1.29, 1.82) is 5.26 Å². The van der Waals surface area contributed by atoms with Gasteiger partial charge in [-0.25, -0.2) is 4.39 Å². The third-order valence-corrected chi connectivity index (χ3v) is 2.03. The van der Waals surface area contributed by atoms with Gasteiger partial charge in [-0.2, -0.15) is 5.26 Å². The van der Waals surface area contributed by atoms with E-state index in [-0.39, 0.29) is 15.5 Å². The monoisotopic (exact) mass is 187 g/mol. The van der Waals surface area contributed by atoms with E-state index in [0.717, 1.165) is 6.07 Å². The van der Waals surface area contributed by atoms with E-state index in [9.17, 15) is 4.39 Å². The fourth-order valence-electron chi connectivity index (χ4n) is 0.630. The van der Waals surface area contributed by atoms with E-state index in [1.165, 1.54) is 6.07 Å². The number of rotatable bonds is 0. The molecule has 0 aliphatic carbocycles. The molecular formula is C7H3ClFNS. The summed E-state index contributed by atoms with van der Waals surface area (Å²) in [6, 6.07) is 4.24. The van der Waals surface area contributed by atoms with E-state index in [1.54, 1.807) is 6.07 Å². The van der Waals surface area contributed by atoms with Crippen LogP contribution in [0.15, 0.2) is 17.0 Å². The molecule has 0 radical (unpaired) electrons. The topological polar surface area (TPSA) is 23.8 Å². The van der Waals surface area contributed by atoms with Crippen LogP contribution in [0.2, 0.25) is 5.02 Å². The second-order valence-electron chi connectivity index (χ2n) is 1.90. The van der Waals surface area contributed by atoms with Gasteiger partial charge in [0, 0.05) is 0 Å². The molecule has 0 N–H and O–H groups in total. The van der Waals surface area contributed by atoms with Crippen molar-refractivity contribution in [1.82, 2.24) is 0 Å². The van der Waals surface area contributed by atoms with Crippen LogP contribution in [-0.2, 0) is 0 Å². The maximum absolute atomic E-state index is 12.7. The van der Waals surface area contributed by atoms with Crippen molar-refractivity contribution in [2.45, 2.75) is 4.90 Å². The molecule has 0 heterocycles. The number of hydrogen-bond acceptors (Lipinski definition) is 2. The van der Waals surface area contributed by atoms with Gasteiger partial charge in [-0.1, -0.05) is 11.6 Å². The van der Waals surface area contributed by atoms with Gasteiger partial charge in [0.1, 0.15) is 5.82 Å². The summed E-state index contributed by atoms with van der Waals surface area (Å²) in [5.41, 5.74) is 0.199.